The fraction of sp³-hybridized carbons (Fsp3) is 0.700. The quantitative estimate of drug-likeness (QED) is 0.749. The summed E-state index contributed by atoms with van der Waals surface area (Å²) in [6.07, 6.45) is 6.32. The molecule has 0 saturated carbocycles. The standard InChI is InChI=1S/C20H33N/c1-6-12-21-19(13-15(2)20(3,4)5)18-11-10-16-8-7-9-17(16)14-18/h10-11,14-15,19,21H,6-9,12-13H2,1-5H3. The number of nitrogens with one attached hydrogen (secondary N) is 1. The van der Waals surface area contributed by atoms with Crippen LogP contribution in [0.3, 0.4) is 0 Å². The van der Waals surface area contributed by atoms with Crippen molar-refractivity contribution in [2.75, 3.05) is 6.54 Å². The Morgan fingerprint density at radius 2 is 1.86 bits per heavy atom. The van der Waals surface area contributed by atoms with Crippen molar-refractivity contribution in [3.05, 3.63) is 34.9 Å². The lowest BCUT2D eigenvalue weighted by Crippen LogP contribution is -2.28. The number of rotatable bonds is 6. The van der Waals surface area contributed by atoms with Crippen LogP contribution in [0.25, 0.3) is 0 Å². The highest BCUT2D eigenvalue weighted by Crippen LogP contribution is 2.34. The predicted octanol–water partition coefficient (Wildman–Crippen LogP) is 5.29. The van der Waals surface area contributed by atoms with Crippen molar-refractivity contribution < 1.29 is 0 Å². The van der Waals surface area contributed by atoms with E-state index in [0.717, 1.165) is 6.54 Å². The molecular formula is C20H33N. The van der Waals surface area contributed by atoms with E-state index in [4.69, 9.17) is 0 Å². The van der Waals surface area contributed by atoms with Gasteiger partial charge in [0.2, 0.25) is 0 Å². The molecule has 21 heavy (non-hydrogen) atoms. The van der Waals surface area contributed by atoms with Gasteiger partial charge in [0.05, 0.1) is 0 Å². The molecule has 1 aliphatic carbocycles. The first-order valence-electron chi connectivity index (χ1n) is 8.77. The van der Waals surface area contributed by atoms with E-state index >= 15 is 0 Å². The molecule has 0 saturated heterocycles. The molecule has 0 amide bonds. The number of hydrogen-bond donors (Lipinski definition) is 1. The summed E-state index contributed by atoms with van der Waals surface area (Å²) in [4.78, 5) is 0. The second-order valence-corrected chi connectivity index (χ2v) is 7.89. The summed E-state index contributed by atoms with van der Waals surface area (Å²) in [5.41, 5.74) is 5.05. The van der Waals surface area contributed by atoms with E-state index in [1.807, 2.05) is 0 Å². The number of aryl methyl sites for hydroxylation is 2. The second-order valence-electron chi connectivity index (χ2n) is 7.89. The second kappa shape index (κ2) is 6.96. The first-order chi connectivity index (χ1) is 9.91. The summed E-state index contributed by atoms with van der Waals surface area (Å²) in [5.74, 6) is 0.708. The maximum atomic E-state index is 3.78. The van der Waals surface area contributed by atoms with E-state index in [-0.39, 0.29) is 0 Å². The van der Waals surface area contributed by atoms with Crippen LogP contribution in [0.15, 0.2) is 18.2 Å². The average molecular weight is 287 g/mol. The van der Waals surface area contributed by atoms with Gasteiger partial charge in [0, 0.05) is 6.04 Å². The largest absolute Gasteiger partial charge is 0.310 e. The molecule has 2 rings (SSSR count). The van der Waals surface area contributed by atoms with Crippen molar-refractivity contribution in [1.29, 1.82) is 0 Å². The van der Waals surface area contributed by atoms with Crippen LogP contribution in [0.2, 0.25) is 0 Å². The lowest BCUT2D eigenvalue weighted by molar-refractivity contribution is 0.223. The Hall–Kier alpha value is -0.820. The van der Waals surface area contributed by atoms with Crippen molar-refractivity contribution in [3.8, 4) is 0 Å². The molecule has 2 unspecified atom stereocenters. The van der Waals surface area contributed by atoms with Crippen LogP contribution in [-0.4, -0.2) is 6.54 Å². The van der Waals surface area contributed by atoms with Crippen LogP contribution in [0.5, 0.6) is 0 Å². The molecule has 0 bridgehead atoms. The Balaban J connectivity index is 2.15. The third-order valence-electron chi connectivity index (χ3n) is 5.23. The Labute approximate surface area is 131 Å². The smallest absolute Gasteiger partial charge is 0.0323 e. The molecule has 1 aliphatic rings. The lowest BCUT2D eigenvalue weighted by atomic mass is 9.77. The van der Waals surface area contributed by atoms with E-state index in [2.05, 4.69) is 58.1 Å². The summed E-state index contributed by atoms with van der Waals surface area (Å²) < 4.78 is 0. The van der Waals surface area contributed by atoms with Crippen molar-refractivity contribution in [1.82, 2.24) is 5.32 Å². The molecule has 0 fully saturated rings. The van der Waals surface area contributed by atoms with Crippen LogP contribution in [0.1, 0.15) is 76.6 Å². The highest BCUT2D eigenvalue weighted by molar-refractivity contribution is 5.36. The Morgan fingerprint density at radius 3 is 2.52 bits per heavy atom. The zero-order valence-electron chi connectivity index (χ0n) is 14.6. The van der Waals surface area contributed by atoms with Crippen molar-refractivity contribution in [2.24, 2.45) is 11.3 Å². The molecule has 0 heterocycles. The minimum absolute atomic E-state index is 0.378. The van der Waals surface area contributed by atoms with Gasteiger partial charge in [-0.05, 0) is 66.7 Å². The van der Waals surface area contributed by atoms with E-state index < -0.39 is 0 Å². The molecular weight excluding hydrogens is 254 g/mol. The van der Waals surface area contributed by atoms with Gasteiger partial charge in [-0.25, -0.2) is 0 Å². The van der Waals surface area contributed by atoms with Gasteiger partial charge in [-0.3, -0.25) is 0 Å². The summed E-state index contributed by atoms with van der Waals surface area (Å²) >= 11 is 0. The van der Waals surface area contributed by atoms with Gasteiger partial charge in [-0.15, -0.1) is 0 Å². The third kappa shape index (κ3) is 4.32. The zero-order valence-corrected chi connectivity index (χ0v) is 14.6. The highest BCUT2D eigenvalue weighted by atomic mass is 14.9. The molecule has 0 spiro atoms. The highest BCUT2D eigenvalue weighted by Gasteiger charge is 2.25. The van der Waals surface area contributed by atoms with Crippen LogP contribution in [0, 0.1) is 11.3 Å². The summed E-state index contributed by atoms with van der Waals surface area (Å²) in [7, 11) is 0. The molecule has 0 aliphatic heterocycles. The first-order valence-corrected chi connectivity index (χ1v) is 8.77. The summed E-state index contributed by atoms with van der Waals surface area (Å²) in [6.45, 7) is 12.8. The first kappa shape index (κ1) is 16.5. The SMILES string of the molecule is CCCNC(CC(C)C(C)(C)C)c1ccc2c(c1)CCC2. The van der Waals surface area contributed by atoms with Crippen LogP contribution in [-0.2, 0) is 12.8 Å². The summed E-state index contributed by atoms with van der Waals surface area (Å²) in [6, 6.07) is 7.72. The van der Waals surface area contributed by atoms with Gasteiger partial charge in [0.25, 0.3) is 0 Å². The van der Waals surface area contributed by atoms with E-state index in [1.165, 1.54) is 37.7 Å². The number of hydrogen-bond acceptors (Lipinski definition) is 1. The van der Waals surface area contributed by atoms with Gasteiger partial charge in [-0.1, -0.05) is 52.8 Å². The molecule has 1 nitrogen and oxygen atoms in total. The minimum Gasteiger partial charge on any atom is -0.310 e. The maximum absolute atomic E-state index is 3.78. The fourth-order valence-corrected chi connectivity index (χ4v) is 3.17. The van der Waals surface area contributed by atoms with Gasteiger partial charge >= 0.3 is 0 Å². The van der Waals surface area contributed by atoms with E-state index in [1.54, 1.807) is 11.1 Å². The normalized spacial score (nSPS) is 17.6. The maximum Gasteiger partial charge on any atom is 0.0323 e. The predicted molar refractivity (Wildman–Crippen MR) is 92.7 cm³/mol. The Kier molecular flexibility index (Phi) is 5.48. The van der Waals surface area contributed by atoms with Crippen LogP contribution in [0.4, 0.5) is 0 Å². The zero-order chi connectivity index (χ0) is 15.5. The van der Waals surface area contributed by atoms with Crippen molar-refractivity contribution in [3.63, 3.8) is 0 Å². The van der Waals surface area contributed by atoms with Crippen molar-refractivity contribution in [2.45, 2.75) is 72.8 Å². The minimum atomic E-state index is 0.378. The van der Waals surface area contributed by atoms with Crippen LogP contribution < -0.4 is 5.32 Å². The van der Waals surface area contributed by atoms with Crippen LogP contribution >= 0.6 is 0 Å². The molecule has 1 aromatic carbocycles. The van der Waals surface area contributed by atoms with E-state index in [0.29, 0.717) is 17.4 Å². The number of fused-ring (bicyclic) bond motifs is 1. The third-order valence-corrected chi connectivity index (χ3v) is 5.23. The molecule has 0 radical (unpaired) electrons. The van der Waals surface area contributed by atoms with Gasteiger partial charge in [-0.2, -0.15) is 0 Å². The monoisotopic (exact) mass is 287 g/mol. The molecule has 1 aromatic rings. The average Bonchev–Trinajstić information content (AvgIpc) is 2.89. The molecule has 1 N–H and O–H groups in total. The molecule has 0 aromatic heterocycles. The Morgan fingerprint density at radius 1 is 1.14 bits per heavy atom. The number of benzene rings is 1. The lowest BCUT2D eigenvalue weighted by Gasteiger charge is -2.31. The summed E-state index contributed by atoms with van der Waals surface area (Å²) in [5, 5.41) is 3.78. The molecule has 2 atom stereocenters. The Bertz CT molecular complexity index is 455. The topological polar surface area (TPSA) is 12.0 Å². The fourth-order valence-electron chi connectivity index (χ4n) is 3.17. The van der Waals surface area contributed by atoms with Gasteiger partial charge < -0.3 is 5.32 Å². The van der Waals surface area contributed by atoms with Gasteiger partial charge in [0.15, 0.2) is 0 Å². The molecule has 118 valence electrons. The van der Waals surface area contributed by atoms with Crippen molar-refractivity contribution >= 4 is 0 Å². The van der Waals surface area contributed by atoms with Gasteiger partial charge in [0.1, 0.15) is 0 Å². The molecule has 1 heteroatoms. The van der Waals surface area contributed by atoms with E-state index in [9.17, 15) is 0 Å².